The third kappa shape index (κ3) is 4.04. The van der Waals surface area contributed by atoms with Crippen LogP contribution in [0.2, 0.25) is 0 Å². The molecule has 10 nitrogen and oxygen atoms in total. The molecule has 0 aromatic carbocycles. The molecule has 0 unspecified atom stereocenters. The predicted molar refractivity (Wildman–Crippen MR) is 95.9 cm³/mol. The maximum absolute atomic E-state index is 13.4. The van der Waals surface area contributed by atoms with Crippen molar-refractivity contribution in [3.8, 4) is 0 Å². The van der Waals surface area contributed by atoms with Crippen LogP contribution >= 0.6 is 11.3 Å². The molecule has 0 saturated carbocycles. The molecule has 1 fully saturated rings. The lowest BCUT2D eigenvalue weighted by Gasteiger charge is -2.38. The highest BCUT2D eigenvalue weighted by Gasteiger charge is 2.39. The number of carbonyl (C=O) groups excluding carboxylic acids is 1. The van der Waals surface area contributed by atoms with Gasteiger partial charge in [-0.15, -0.1) is 11.3 Å². The molecule has 2 aromatic rings. The lowest BCUT2D eigenvalue weighted by molar-refractivity contribution is -0.152. The van der Waals surface area contributed by atoms with E-state index in [4.69, 9.17) is 4.74 Å². The van der Waals surface area contributed by atoms with E-state index in [0.717, 1.165) is 9.57 Å². The number of aliphatic hydroxyl groups excluding tert-OH is 2. The van der Waals surface area contributed by atoms with Crippen molar-refractivity contribution in [2.24, 2.45) is 0 Å². The van der Waals surface area contributed by atoms with Crippen molar-refractivity contribution in [3.63, 3.8) is 0 Å². The quantitative estimate of drug-likeness (QED) is 0.485. The molecule has 1 aliphatic rings. The number of hydrogen-bond acceptors (Lipinski definition) is 8. The summed E-state index contributed by atoms with van der Waals surface area (Å²) in [6, 6.07) is -0.885. The molecule has 1 amide bonds. The minimum Gasteiger partial charge on any atom is -0.388 e. The highest BCUT2D eigenvalue weighted by molar-refractivity contribution is 7.13. The van der Waals surface area contributed by atoms with Gasteiger partial charge >= 0.3 is 5.69 Å². The second-order valence-electron chi connectivity index (χ2n) is 6.47. The fourth-order valence-corrected chi connectivity index (χ4v) is 3.78. The van der Waals surface area contributed by atoms with Gasteiger partial charge in [0.2, 0.25) is 5.82 Å². The van der Waals surface area contributed by atoms with Gasteiger partial charge in [-0.05, 0) is 13.8 Å². The molecule has 28 heavy (non-hydrogen) atoms. The Kier molecular flexibility index (Phi) is 5.74. The minimum absolute atomic E-state index is 0.133. The first kappa shape index (κ1) is 20.3. The lowest BCUT2D eigenvalue weighted by atomic mass is 9.97. The van der Waals surface area contributed by atoms with Gasteiger partial charge in [-0.1, -0.05) is 0 Å². The number of nitrogens with one attached hydrogen (secondary N) is 2. The maximum atomic E-state index is 13.4. The Morgan fingerprint density at radius 3 is 2.79 bits per heavy atom. The van der Waals surface area contributed by atoms with Crippen LogP contribution in [0, 0.1) is 19.7 Å². The number of ether oxygens (including phenoxy) is 1. The molecule has 3 heterocycles. The Morgan fingerprint density at radius 2 is 2.14 bits per heavy atom. The number of rotatable bonds is 4. The molecule has 0 radical (unpaired) electrons. The number of nitrogens with zero attached hydrogens (tertiary/aromatic N) is 2. The number of aryl methyl sites for hydroxylation is 2. The predicted octanol–water partition coefficient (Wildman–Crippen LogP) is -1.33. The molecular weight excluding hydrogens is 395 g/mol. The molecule has 4 atom stereocenters. The van der Waals surface area contributed by atoms with Crippen LogP contribution in [0.1, 0.15) is 20.4 Å². The van der Waals surface area contributed by atoms with E-state index in [2.05, 4.69) is 10.3 Å². The van der Waals surface area contributed by atoms with Gasteiger partial charge in [0.25, 0.3) is 11.5 Å². The number of hydrogen-bond donors (Lipinski definition) is 4. The van der Waals surface area contributed by atoms with Crippen LogP contribution in [0.3, 0.4) is 0 Å². The van der Waals surface area contributed by atoms with Crippen molar-refractivity contribution >= 4 is 17.2 Å². The van der Waals surface area contributed by atoms with Crippen LogP contribution in [0.25, 0.3) is 0 Å². The van der Waals surface area contributed by atoms with E-state index in [1.165, 1.54) is 11.3 Å². The van der Waals surface area contributed by atoms with Crippen molar-refractivity contribution in [2.45, 2.75) is 44.7 Å². The van der Waals surface area contributed by atoms with Crippen LogP contribution in [-0.4, -0.2) is 61.6 Å². The second kappa shape index (κ2) is 7.91. The first-order valence-electron chi connectivity index (χ1n) is 8.39. The van der Waals surface area contributed by atoms with E-state index in [-0.39, 0.29) is 13.2 Å². The van der Waals surface area contributed by atoms with E-state index in [0.29, 0.717) is 16.8 Å². The lowest BCUT2D eigenvalue weighted by Crippen LogP contribution is -2.60. The van der Waals surface area contributed by atoms with E-state index < -0.39 is 47.3 Å². The summed E-state index contributed by atoms with van der Waals surface area (Å²) in [6.07, 6.45) is -3.17. The van der Waals surface area contributed by atoms with Crippen LogP contribution < -0.4 is 16.6 Å². The van der Waals surface area contributed by atoms with Gasteiger partial charge in [0.15, 0.2) is 0 Å². The summed E-state index contributed by atoms with van der Waals surface area (Å²) in [5, 5.41) is 24.0. The van der Waals surface area contributed by atoms with Crippen LogP contribution in [0.4, 0.5) is 4.39 Å². The third-order valence-electron chi connectivity index (χ3n) is 4.40. The molecule has 3 rings (SSSR count). The average molecular weight is 414 g/mol. The van der Waals surface area contributed by atoms with Crippen molar-refractivity contribution < 1.29 is 24.1 Å². The molecule has 1 aliphatic heterocycles. The number of carbonyl (C=O) groups is 1. The first-order chi connectivity index (χ1) is 13.2. The Morgan fingerprint density at radius 1 is 1.43 bits per heavy atom. The third-order valence-corrected chi connectivity index (χ3v) is 5.47. The Labute approximate surface area is 161 Å². The summed E-state index contributed by atoms with van der Waals surface area (Å²) in [5.74, 6) is -1.61. The fraction of sp³-hybridized carbons (Fsp3) is 0.500. The molecule has 0 spiro atoms. The van der Waals surface area contributed by atoms with Gasteiger partial charge in [-0.25, -0.2) is 9.78 Å². The minimum atomic E-state index is -1.45. The van der Waals surface area contributed by atoms with Crippen molar-refractivity contribution in [2.75, 3.05) is 6.61 Å². The van der Waals surface area contributed by atoms with E-state index in [1.807, 2.05) is 0 Å². The Hall–Kier alpha value is -2.41. The number of aliphatic hydroxyl groups is 2. The molecule has 12 heteroatoms. The van der Waals surface area contributed by atoms with Crippen molar-refractivity contribution in [3.05, 3.63) is 48.4 Å². The molecular formula is C16H19FN4O6S. The van der Waals surface area contributed by atoms with Gasteiger partial charge in [0, 0.05) is 0 Å². The van der Waals surface area contributed by atoms with E-state index >= 15 is 0 Å². The molecule has 4 N–H and O–H groups in total. The van der Waals surface area contributed by atoms with E-state index in [9.17, 15) is 29.0 Å². The summed E-state index contributed by atoms with van der Waals surface area (Å²) in [5.41, 5.74) is -1.46. The molecule has 2 aromatic heterocycles. The zero-order valence-electron chi connectivity index (χ0n) is 15.0. The molecule has 0 bridgehead atoms. The Bertz CT molecular complexity index is 1000. The van der Waals surface area contributed by atoms with E-state index in [1.54, 1.807) is 18.8 Å². The van der Waals surface area contributed by atoms with Crippen LogP contribution in [0.5, 0.6) is 0 Å². The number of aromatic nitrogens is 3. The van der Waals surface area contributed by atoms with Crippen LogP contribution in [0.15, 0.2) is 15.8 Å². The maximum Gasteiger partial charge on any atom is 0.328 e. The number of aromatic amines is 1. The SMILES string of the molecule is Cc1nc(C)c(C(=O)N[C@@H]2CO[C@H](Cn3cc(F)c(=O)[nH]c3=O)[C@@H](O)[C@H]2O)s1. The number of thiazole rings is 1. The van der Waals surface area contributed by atoms with Gasteiger partial charge in [-0.2, -0.15) is 4.39 Å². The topological polar surface area (TPSA) is 147 Å². The second-order valence-corrected chi connectivity index (χ2v) is 7.67. The largest absolute Gasteiger partial charge is 0.388 e. The summed E-state index contributed by atoms with van der Waals surface area (Å²) >= 11 is 1.21. The Balaban J connectivity index is 1.68. The normalized spacial score (nSPS) is 24.9. The zero-order valence-corrected chi connectivity index (χ0v) is 15.8. The van der Waals surface area contributed by atoms with Gasteiger partial charge < -0.3 is 20.3 Å². The highest BCUT2D eigenvalue weighted by Crippen LogP contribution is 2.20. The van der Waals surface area contributed by atoms with Crippen molar-refractivity contribution in [1.82, 2.24) is 19.9 Å². The van der Waals surface area contributed by atoms with Gasteiger partial charge in [0.05, 0.1) is 36.1 Å². The van der Waals surface area contributed by atoms with Crippen molar-refractivity contribution in [1.29, 1.82) is 0 Å². The first-order valence-corrected chi connectivity index (χ1v) is 9.21. The summed E-state index contributed by atoms with van der Waals surface area (Å²) in [6.45, 7) is 3.03. The standard InChI is InChI=1S/C16H19FN4O6S/c1-6-13(28-7(2)18-6)15(25)19-9-5-27-10(12(23)11(9)22)4-21-3-8(17)14(24)20-16(21)26/h3,9-12,22-23H,4-5H2,1-2H3,(H,19,25)(H,20,24,26)/t9-,10-,11+,12-/m1/s1. The summed E-state index contributed by atoms with van der Waals surface area (Å²) in [7, 11) is 0. The monoisotopic (exact) mass is 414 g/mol. The number of halogens is 1. The summed E-state index contributed by atoms with van der Waals surface area (Å²) < 4.78 is 19.7. The highest BCUT2D eigenvalue weighted by atomic mass is 32.1. The number of amides is 1. The zero-order chi connectivity index (χ0) is 20.6. The van der Waals surface area contributed by atoms with Crippen LogP contribution in [-0.2, 0) is 11.3 Å². The smallest absolute Gasteiger partial charge is 0.328 e. The van der Waals surface area contributed by atoms with Gasteiger partial charge in [0.1, 0.15) is 23.2 Å². The summed E-state index contributed by atoms with van der Waals surface area (Å²) in [4.78, 5) is 41.6. The molecule has 1 saturated heterocycles. The number of H-pyrrole nitrogens is 1. The fourth-order valence-electron chi connectivity index (χ4n) is 2.96. The molecule has 152 valence electrons. The van der Waals surface area contributed by atoms with Gasteiger partial charge in [-0.3, -0.25) is 19.1 Å². The molecule has 0 aliphatic carbocycles. The average Bonchev–Trinajstić information content (AvgIpc) is 2.97.